The first kappa shape index (κ1) is 44.1. The molecule has 0 unspecified atom stereocenters. The molecule has 0 aliphatic carbocycles. The van der Waals surface area contributed by atoms with Gasteiger partial charge in [0, 0.05) is 77.8 Å². The molecule has 2 aliphatic rings. The summed E-state index contributed by atoms with van der Waals surface area (Å²) >= 11 is 7.81. The van der Waals surface area contributed by atoms with Crippen LogP contribution >= 0.6 is 23.4 Å². The number of hydrogen-bond donors (Lipinski definition) is 2. The number of amides is 1. The summed E-state index contributed by atoms with van der Waals surface area (Å²) in [6.45, 7) is 9.45. The third kappa shape index (κ3) is 11.3. The Balaban J connectivity index is 1.000. The number of carbonyl (C=O) groups is 1. The van der Waals surface area contributed by atoms with Gasteiger partial charge in [-0.25, -0.2) is 13.1 Å². The van der Waals surface area contributed by atoms with Gasteiger partial charge in [-0.15, -0.1) is 11.8 Å². The van der Waals surface area contributed by atoms with E-state index in [1.807, 2.05) is 48.5 Å². The van der Waals surface area contributed by atoms with Gasteiger partial charge in [0.1, 0.15) is 5.69 Å². The fraction of sp³-hybridized carbons (Fsp3) is 0.340. The Kier molecular flexibility index (Phi) is 14.4. The highest BCUT2D eigenvalue weighted by molar-refractivity contribution is 7.99. The van der Waals surface area contributed by atoms with Gasteiger partial charge in [0.05, 0.1) is 9.82 Å². The monoisotopic (exact) mass is 880 g/mol. The predicted molar refractivity (Wildman–Crippen MR) is 247 cm³/mol. The maximum atomic E-state index is 13.6. The maximum absolute atomic E-state index is 13.6. The third-order valence-electron chi connectivity index (χ3n) is 11.3. The van der Waals surface area contributed by atoms with Gasteiger partial charge in [0.15, 0.2) is 0 Å². The van der Waals surface area contributed by atoms with Gasteiger partial charge in [-0.1, -0.05) is 80.0 Å². The number of nitrogens with one attached hydrogen (secondary N) is 2. The number of aryl methyl sites for hydroxylation is 1. The first-order valence-corrected chi connectivity index (χ1v) is 23.6. The largest absolute Gasteiger partial charge is 0.376 e. The van der Waals surface area contributed by atoms with Crippen LogP contribution in [0.25, 0.3) is 11.1 Å². The van der Waals surface area contributed by atoms with Gasteiger partial charge >= 0.3 is 0 Å². The molecule has 14 heteroatoms. The van der Waals surface area contributed by atoms with Gasteiger partial charge < -0.3 is 15.1 Å². The standard InChI is InChI=1S/C47H53ClN6O5S2/c1-33(2)29-51(3)24-23-39(32-60-41-10-5-4-6-11-41)49-44-21-20-42(28-46(44)54(56)57)61(58,59)50-47(55)36-16-22-45-35(27-36)15-19-40-31-52(25-26-53(40)45)30-37-9-7-8-12-43(37)34-13-17-38(48)18-14-34/h4-14,16-18,20-22,27-28,33,39-40,49H,15,19,23-26,29-32H2,1-3H3,(H,50,55)/t39-,40-/m1/s1. The van der Waals surface area contributed by atoms with Crippen LogP contribution in [0, 0.1) is 16.0 Å². The Morgan fingerprint density at radius 1 is 0.967 bits per heavy atom. The van der Waals surface area contributed by atoms with Crippen LogP contribution in [0.15, 0.2) is 125 Å². The van der Waals surface area contributed by atoms with E-state index in [1.54, 1.807) is 23.9 Å². The molecule has 11 nitrogen and oxygen atoms in total. The van der Waals surface area contributed by atoms with Crippen molar-refractivity contribution in [1.29, 1.82) is 0 Å². The molecule has 61 heavy (non-hydrogen) atoms. The van der Waals surface area contributed by atoms with E-state index in [-0.39, 0.29) is 27.9 Å². The summed E-state index contributed by atoms with van der Waals surface area (Å²) in [4.78, 5) is 33.2. The maximum Gasteiger partial charge on any atom is 0.293 e. The Bertz CT molecular complexity index is 2440. The second kappa shape index (κ2) is 19.9. The molecule has 5 aromatic carbocycles. The van der Waals surface area contributed by atoms with Crippen molar-refractivity contribution in [1.82, 2.24) is 14.5 Å². The lowest BCUT2D eigenvalue weighted by atomic mass is 9.92. The van der Waals surface area contributed by atoms with Crippen LogP contribution in [-0.4, -0.2) is 86.7 Å². The summed E-state index contributed by atoms with van der Waals surface area (Å²) < 4.78 is 29.4. The molecule has 1 amide bonds. The molecule has 0 saturated carbocycles. The average molecular weight is 882 g/mol. The molecule has 0 radical (unpaired) electrons. The Morgan fingerprint density at radius 3 is 2.48 bits per heavy atom. The van der Waals surface area contributed by atoms with E-state index in [4.69, 9.17) is 11.6 Å². The van der Waals surface area contributed by atoms with Crippen molar-refractivity contribution in [3.8, 4) is 11.1 Å². The summed E-state index contributed by atoms with van der Waals surface area (Å²) in [5.41, 5.74) is 5.70. The first-order chi connectivity index (χ1) is 29.3. The zero-order valence-electron chi connectivity index (χ0n) is 34.8. The van der Waals surface area contributed by atoms with Crippen LogP contribution < -0.4 is 14.9 Å². The number of nitro benzene ring substituents is 1. The lowest BCUT2D eigenvalue weighted by Gasteiger charge is -2.46. The van der Waals surface area contributed by atoms with Crippen LogP contribution in [0.1, 0.15) is 48.2 Å². The lowest BCUT2D eigenvalue weighted by molar-refractivity contribution is -0.384. The van der Waals surface area contributed by atoms with E-state index < -0.39 is 20.9 Å². The zero-order valence-corrected chi connectivity index (χ0v) is 37.2. The number of sulfonamides is 1. The predicted octanol–water partition coefficient (Wildman–Crippen LogP) is 9.22. The molecule has 0 bridgehead atoms. The van der Waals surface area contributed by atoms with E-state index in [9.17, 15) is 23.3 Å². The SMILES string of the molecule is CC(C)CN(C)CC[C@H](CSc1ccccc1)Nc1ccc(S(=O)(=O)NC(=O)c2ccc3c(c2)CC[C@@H]2CN(Cc4ccccc4-c4ccc(Cl)cc4)CCN32)cc1[N+](=O)[O-]. The van der Waals surface area contributed by atoms with Gasteiger partial charge in [-0.3, -0.25) is 19.8 Å². The number of carbonyl (C=O) groups excluding carboxylic acids is 1. The van der Waals surface area contributed by atoms with Crippen LogP contribution in [0.5, 0.6) is 0 Å². The normalized spacial score (nSPS) is 15.9. The van der Waals surface area contributed by atoms with E-state index >= 15 is 0 Å². The van der Waals surface area contributed by atoms with Crippen molar-refractivity contribution >= 4 is 56.4 Å². The van der Waals surface area contributed by atoms with Crippen molar-refractivity contribution < 1.29 is 18.1 Å². The average Bonchev–Trinajstić information content (AvgIpc) is 3.24. The minimum Gasteiger partial charge on any atom is -0.376 e. The number of halogens is 1. The molecule has 5 aromatic rings. The zero-order chi connectivity index (χ0) is 43.1. The van der Waals surface area contributed by atoms with E-state index in [2.05, 4.69) is 82.0 Å². The number of nitrogens with zero attached hydrogens (tertiary/aromatic N) is 4. The Labute approximate surface area is 368 Å². The topological polar surface area (TPSA) is 128 Å². The molecule has 0 spiro atoms. The number of anilines is 2. The molecular formula is C47H53ClN6O5S2. The number of piperazine rings is 1. The molecule has 2 aliphatic heterocycles. The summed E-state index contributed by atoms with van der Waals surface area (Å²) in [5.74, 6) is 0.351. The van der Waals surface area contributed by atoms with E-state index in [0.717, 1.165) is 86.3 Å². The third-order valence-corrected chi connectivity index (χ3v) is 14.1. The second-order valence-electron chi connectivity index (χ2n) is 16.4. The molecule has 1 saturated heterocycles. The molecular weight excluding hydrogens is 828 g/mol. The van der Waals surface area contributed by atoms with Crippen molar-refractivity contribution in [2.75, 3.05) is 55.7 Å². The summed E-state index contributed by atoms with van der Waals surface area (Å²) in [5, 5.41) is 16.4. The van der Waals surface area contributed by atoms with E-state index in [1.165, 1.54) is 23.3 Å². The van der Waals surface area contributed by atoms with Crippen LogP contribution in [0.3, 0.4) is 0 Å². The highest BCUT2D eigenvalue weighted by atomic mass is 35.5. The van der Waals surface area contributed by atoms with Crippen molar-refractivity contribution in [2.45, 2.75) is 61.5 Å². The fourth-order valence-electron chi connectivity index (χ4n) is 8.38. The van der Waals surface area contributed by atoms with Crippen molar-refractivity contribution in [2.24, 2.45) is 5.92 Å². The van der Waals surface area contributed by atoms with Gasteiger partial charge in [-0.05, 0) is 116 Å². The van der Waals surface area contributed by atoms with Gasteiger partial charge in [-0.2, -0.15) is 0 Å². The number of hydrogen-bond acceptors (Lipinski definition) is 10. The molecule has 2 N–H and O–H groups in total. The second-order valence-corrected chi connectivity index (χ2v) is 19.6. The highest BCUT2D eigenvalue weighted by Crippen LogP contribution is 2.35. The number of fused-ring (bicyclic) bond motifs is 3. The van der Waals surface area contributed by atoms with Crippen molar-refractivity contribution in [3.05, 3.63) is 147 Å². The number of nitro groups is 1. The van der Waals surface area contributed by atoms with Crippen LogP contribution in [0.2, 0.25) is 5.02 Å². The molecule has 2 atom stereocenters. The molecule has 7 rings (SSSR count). The summed E-state index contributed by atoms with van der Waals surface area (Å²) in [6, 6.07) is 35.6. The van der Waals surface area contributed by atoms with Gasteiger partial charge in [0.25, 0.3) is 21.6 Å². The molecule has 320 valence electrons. The number of rotatable bonds is 17. The van der Waals surface area contributed by atoms with Crippen molar-refractivity contribution in [3.63, 3.8) is 0 Å². The number of thioether (sulfide) groups is 1. The summed E-state index contributed by atoms with van der Waals surface area (Å²) in [7, 11) is -2.39. The fourth-order valence-corrected chi connectivity index (χ4v) is 10.5. The molecule has 1 fully saturated rings. The minimum absolute atomic E-state index is 0.146. The number of benzene rings is 5. The Hall–Kier alpha value is -4.92. The summed E-state index contributed by atoms with van der Waals surface area (Å²) in [6.07, 6.45) is 2.37. The lowest BCUT2D eigenvalue weighted by Crippen LogP contribution is -2.54. The van der Waals surface area contributed by atoms with E-state index in [0.29, 0.717) is 22.7 Å². The molecule has 0 aromatic heterocycles. The minimum atomic E-state index is -4.45. The quantitative estimate of drug-likeness (QED) is 0.0530. The molecule has 2 heterocycles. The van der Waals surface area contributed by atoms with Gasteiger partial charge in [0.2, 0.25) is 0 Å². The highest BCUT2D eigenvalue weighted by Gasteiger charge is 2.33. The smallest absolute Gasteiger partial charge is 0.293 e. The first-order valence-electron chi connectivity index (χ1n) is 20.8. The van der Waals surface area contributed by atoms with Crippen LogP contribution in [0.4, 0.5) is 17.1 Å². The Morgan fingerprint density at radius 2 is 1.72 bits per heavy atom. The van der Waals surface area contributed by atoms with Crippen LogP contribution in [-0.2, 0) is 23.0 Å².